The fourth-order valence-electron chi connectivity index (χ4n) is 9.48. The smallest absolute Gasteiger partial charge is 0.203 e. The molecule has 3 aromatic heterocycles. The van der Waals surface area contributed by atoms with Gasteiger partial charge in [-0.1, -0.05) is 158 Å². The Balaban J connectivity index is 1.09. The maximum Gasteiger partial charge on any atom is 0.203 e. The molecule has 1 aliphatic heterocycles. The highest BCUT2D eigenvalue weighted by molar-refractivity contribution is 7.26. The SMILES string of the molecule is c1ccc(-c2nc(-c3ccc(-n4c5ccccc5c5c6sc7ccccc7c6ccc54)cc3)nc3c2-c2ccccc2[Si]3(c2ccccc2)c2ccccc2)cc1. The van der Waals surface area contributed by atoms with Crippen LogP contribution in [-0.2, 0) is 0 Å². The number of hydrogen-bond acceptors (Lipinski definition) is 3. The summed E-state index contributed by atoms with van der Waals surface area (Å²) >= 11 is 1.89. The average Bonchev–Trinajstić information content (AvgIpc) is 3.93. The molecule has 0 atom stereocenters. The molecule has 3 nitrogen and oxygen atoms in total. The summed E-state index contributed by atoms with van der Waals surface area (Å²) in [7, 11) is -2.86. The Morgan fingerprint density at radius 1 is 0.456 bits per heavy atom. The second-order valence-electron chi connectivity index (χ2n) is 14.8. The summed E-state index contributed by atoms with van der Waals surface area (Å²) in [5.74, 6) is 0.741. The van der Waals surface area contributed by atoms with E-state index in [1.165, 1.54) is 63.1 Å². The number of benzene rings is 8. The summed E-state index contributed by atoms with van der Waals surface area (Å²) in [5.41, 5.74) is 8.95. The zero-order valence-electron chi connectivity index (χ0n) is 30.8. The molecular formula is C52H33N3SSi. The van der Waals surface area contributed by atoms with Crippen molar-refractivity contribution in [2.75, 3.05) is 0 Å². The van der Waals surface area contributed by atoms with Crippen molar-refractivity contribution < 1.29 is 0 Å². The Morgan fingerprint density at radius 3 is 1.84 bits per heavy atom. The van der Waals surface area contributed by atoms with Crippen LogP contribution in [0.3, 0.4) is 0 Å². The maximum atomic E-state index is 5.72. The Hall–Kier alpha value is -6.92. The molecule has 0 spiro atoms. The second-order valence-corrected chi connectivity index (χ2v) is 19.6. The van der Waals surface area contributed by atoms with Crippen molar-refractivity contribution >= 4 is 82.3 Å². The predicted octanol–water partition coefficient (Wildman–Crippen LogP) is 10.6. The first-order valence-electron chi connectivity index (χ1n) is 19.4. The number of thiophene rings is 1. The van der Waals surface area contributed by atoms with Gasteiger partial charge in [0, 0.05) is 53.3 Å². The average molecular weight is 760 g/mol. The van der Waals surface area contributed by atoms with Gasteiger partial charge < -0.3 is 4.57 Å². The quantitative estimate of drug-likeness (QED) is 0.164. The molecule has 4 heterocycles. The van der Waals surface area contributed by atoms with Crippen LogP contribution in [0.4, 0.5) is 0 Å². The van der Waals surface area contributed by atoms with Gasteiger partial charge in [0.2, 0.25) is 8.07 Å². The number of para-hydroxylation sites is 1. The van der Waals surface area contributed by atoms with Gasteiger partial charge in [-0.15, -0.1) is 11.3 Å². The van der Waals surface area contributed by atoms with E-state index in [1.807, 2.05) is 11.3 Å². The van der Waals surface area contributed by atoms with Crippen molar-refractivity contribution in [1.82, 2.24) is 14.5 Å². The summed E-state index contributed by atoms with van der Waals surface area (Å²) in [4.78, 5) is 11.2. The number of aromatic nitrogens is 3. The lowest BCUT2D eigenvalue weighted by atomic mass is 10.0. The highest BCUT2D eigenvalue weighted by atomic mass is 32.1. The second kappa shape index (κ2) is 12.5. The molecule has 0 N–H and O–H groups in total. The van der Waals surface area contributed by atoms with E-state index in [0.717, 1.165) is 39.2 Å². The maximum absolute atomic E-state index is 5.72. The highest BCUT2D eigenvalue weighted by Crippen LogP contribution is 2.43. The molecule has 5 heteroatoms. The molecule has 0 fully saturated rings. The third-order valence-corrected chi connectivity index (χ3v) is 17.8. The molecule has 0 saturated carbocycles. The number of nitrogens with zero attached hydrogens (tertiary/aromatic N) is 3. The fraction of sp³-hybridized carbons (Fsp3) is 0. The van der Waals surface area contributed by atoms with Crippen LogP contribution < -0.4 is 20.9 Å². The van der Waals surface area contributed by atoms with Crippen molar-refractivity contribution in [2.45, 2.75) is 0 Å². The summed E-state index contributed by atoms with van der Waals surface area (Å²) < 4.78 is 5.07. The van der Waals surface area contributed by atoms with Gasteiger partial charge in [0.05, 0.1) is 22.0 Å². The Labute approximate surface area is 334 Å². The third-order valence-electron chi connectivity index (χ3n) is 11.9. The zero-order valence-corrected chi connectivity index (χ0v) is 32.6. The lowest BCUT2D eigenvalue weighted by Gasteiger charge is -2.30. The lowest BCUT2D eigenvalue weighted by molar-refractivity contribution is 1.17. The molecule has 0 bridgehead atoms. The minimum Gasteiger partial charge on any atom is -0.309 e. The van der Waals surface area contributed by atoms with E-state index in [1.54, 1.807) is 0 Å². The van der Waals surface area contributed by atoms with E-state index in [-0.39, 0.29) is 0 Å². The standard InChI is InChI=1S/C52H33N3SSi/c1-4-16-34(17-5-1)49-48-42-24-12-15-27-46(42)57(37-18-6-2-7-19-37,38-20-8-3-9-21-38)52(48)54-51(53-49)35-28-30-36(31-29-35)55-43-25-13-10-23-41(43)47-44(55)33-32-40-39-22-11-14-26-45(39)56-50(40)47/h1-33H. The monoisotopic (exact) mass is 759 g/mol. The molecule has 0 amide bonds. The molecule has 0 radical (unpaired) electrons. The van der Waals surface area contributed by atoms with Crippen molar-refractivity contribution in [3.05, 3.63) is 200 Å². The molecular weight excluding hydrogens is 727 g/mol. The molecule has 1 aliphatic rings. The highest BCUT2D eigenvalue weighted by Gasteiger charge is 2.51. The normalized spacial score (nSPS) is 13.1. The fourth-order valence-corrected chi connectivity index (χ4v) is 15.7. The van der Waals surface area contributed by atoms with Crippen molar-refractivity contribution in [2.24, 2.45) is 0 Å². The molecule has 266 valence electrons. The molecule has 57 heavy (non-hydrogen) atoms. The summed E-state index contributed by atoms with van der Waals surface area (Å²) in [6, 6.07) is 72.8. The van der Waals surface area contributed by atoms with Crippen LogP contribution in [0, 0.1) is 0 Å². The minimum absolute atomic E-state index is 0.741. The van der Waals surface area contributed by atoms with Gasteiger partial charge in [-0.05, 0) is 63.6 Å². The van der Waals surface area contributed by atoms with Gasteiger partial charge >= 0.3 is 0 Å². The van der Waals surface area contributed by atoms with Crippen molar-refractivity contribution in [3.63, 3.8) is 0 Å². The van der Waals surface area contributed by atoms with Crippen LogP contribution >= 0.6 is 11.3 Å². The van der Waals surface area contributed by atoms with Gasteiger partial charge in [0.1, 0.15) is 0 Å². The minimum atomic E-state index is -2.86. The van der Waals surface area contributed by atoms with E-state index in [2.05, 4.69) is 205 Å². The molecule has 11 aromatic rings. The Morgan fingerprint density at radius 2 is 1.09 bits per heavy atom. The van der Waals surface area contributed by atoms with Crippen LogP contribution in [0.15, 0.2) is 200 Å². The molecule has 0 saturated heterocycles. The molecule has 0 unspecified atom stereocenters. The largest absolute Gasteiger partial charge is 0.309 e. The number of rotatable bonds is 5. The topological polar surface area (TPSA) is 30.7 Å². The first kappa shape index (κ1) is 32.3. The van der Waals surface area contributed by atoms with Crippen LogP contribution in [-0.4, -0.2) is 22.6 Å². The van der Waals surface area contributed by atoms with Crippen molar-refractivity contribution in [1.29, 1.82) is 0 Å². The van der Waals surface area contributed by atoms with Crippen LogP contribution in [0.5, 0.6) is 0 Å². The van der Waals surface area contributed by atoms with Gasteiger partial charge in [0.15, 0.2) is 5.82 Å². The summed E-state index contributed by atoms with van der Waals surface area (Å²) in [6.45, 7) is 0. The third kappa shape index (κ3) is 4.64. The number of hydrogen-bond donors (Lipinski definition) is 0. The van der Waals surface area contributed by atoms with E-state index in [0.29, 0.717) is 0 Å². The first-order chi connectivity index (χ1) is 28.3. The van der Waals surface area contributed by atoms with Crippen LogP contribution in [0.25, 0.3) is 81.4 Å². The lowest BCUT2D eigenvalue weighted by Crippen LogP contribution is -2.73. The molecule has 8 aromatic carbocycles. The predicted molar refractivity (Wildman–Crippen MR) is 243 cm³/mol. The van der Waals surface area contributed by atoms with E-state index < -0.39 is 8.07 Å². The Kier molecular flexibility index (Phi) is 7.12. The van der Waals surface area contributed by atoms with Gasteiger partial charge in [-0.2, -0.15) is 0 Å². The molecule has 12 rings (SSSR count). The summed E-state index contributed by atoms with van der Waals surface area (Å²) in [6.07, 6.45) is 0. The van der Waals surface area contributed by atoms with E-state index >= 15 is 0 Å². The van der Waals surface area contributed by atoms with Gasteiger partial charge in [0.25, 0.3) is 0 Å². The summed E-state index contributed by atoms with van der Waals surface area (Å²) in [5, 5.41) is 10.4. The zero-order chi connectivity index (χ0) is 37.5. The Bertz CT molecular complexity index is 3300. The first-order valence-corrected chi connectivity index (χ1v) is 22.2. The van der Waals surface area contributed by atoms with E-state index in [4.69, 9.17) is 9.97 Å². The number of fused-ring (bicyclic) bond motifs is 10. The molecule has 0 aliphatic carbocycles. The van der Waals surface area contributed by atoms with Crippen LogP contribution in [0.2, 0.25) is 0 Å². The van der Waals surface area contributed by atoms with Crippen LogP contribution in [0.1, 0.15) is 0 Å². The van der Waals surface area contributed by atoms with Gasteiger partial charge in [-0.3, -0.25) is 0 Å². The van der Waals surface area contributed by atoms with Crippen molar-refractivity contribution in [3.8, 4) is 39.5 Å². The van der Waals surface area contributed by atoms with Gasteiger partial charge in [-0.25, -0.2) is 9.97 Å². The van der Waals surface area contributed by atoms with E-state index in [9.17, 15) is 0 Å².